The number of nitrogens with one attached hydrogen (secondary N) is 1. The Kier molecular flexibility index (Phi) is 5.96. The average molecular weight is 475 g/mol. The fourth-order valence-corrected chi connectivity index (χ4v) is 6.09. The minimum Gasteiger partial charge on any atom is -0.366 e. The van der Waals surface area contributed by atoms with Crippen molar-refractivity contribution in [3.8, 4) is 10.4 Å². The van der Waals surface area contributed by atoms with E-state index >= 15 is 0 Å². The maximum atomic E-state index is 13.6. The lowest BCUT2D eigenvalue weighted by molar-refractivity contribution is -0.139. The number of carbonyl (C=O) groups is 3. The third-order valence-electron chi connectivity index (χ3n) is 6.49. The van der Waals surface area contributed by atoms with E-state index in [1.807, 2.05) is 12.1 Å². The van der Waals surface area contributed by atoms with E-state index in [0.29, 0.717) is 5.01 Å². The van der Waals surface area contributed by atoms with E-state index in [1.54, 1.807) is 18.6 Å². The quantitative estimate of drug-likeness (QED) is 0.667. The van der Waals surface area contributed by atoms with Gasteiger partial charge in [-0.3, -0.25) is 19.4 Å². The van der Waals surface area contributed by atoms with Crippen molar-refractivity contribution < 1.29 is 19.1 Å². The molecule has 5 rings (SSSR count). The van der Waals surface area contributed by atoms with Gasteiger partial charge >= 0.3 is 0 Å². The number of amides is 2. The van der Waals surface area contributed by atoms with Crippen LogP contribution in [0.3, 0.4) is 0 Å². The van der Waals surface area contributed by atoms with Crippen LogP contribution in [-0.2, 0) is 14.3 Å². The molecule has 32 heavy (non-hydrogen) atoms. The van der Waals surface area contributed by atoms with Crippen LogP contribution in [0.4, 0.5) is 0 Å². The largest absolute Gasteiger partial charge is 0.366 e. The highest BCUT2D eigenvalue weighted by atomic mass is 35.5. The molecule has 8 nitrogen and oxygen atoms in total. The second kappa shape index (κ2) is 8.88. The first kappa shape index (κ1) is 21.5. The fourth-order valence-electron chi connectivity index (χ4n) is 4.91. The van der Waals surface area contributed by atoms with Crippen LogP contribution >= 0.6 is 22.9 Å². The van der Waals surface area contributed by atoms with Gasteiger partial charge in [-0.05, 0) is 36.5 Å². The minimum absolute atomic E-state index is 0.0244. The van der Waals surface area contributed by atoms with Gasteiger partial charge in [-0.2, -0.15) is 0 Å². The first-order chi connectivity index (χ1) is 15.5. The molecule has 2 aromatic rings. The zero-order valence-corrected chi connectivity index (χ0v) is 18.8. The Hall–Kier alpha value is -2.36. The standard InChI is InChI=1S/C22H23ClN4O4S/c23-14-10-27(18-15(28)11-31-19(14)18)22(30)17(13-3-1-2-4-13)26-20(29)21-25-9-16(32-21)12-5-7-24-8-6-12/h5-9,13-14,17-19H,1-4,10-11H2,(H,26,29). The number of hydrogen-bond donors (Lipinski definition) is 1. The first-order valence-corrected chi connectivity index (χ1v) is 12.0. The van der Waals surface area contributed by atoms with Crippen LogP contribution in [-0.4, -0.2) is 69.2 Å². The SMILES string of the molecule is O=C(NC(C(=O)N1CC(Cl)C2OCC(=O)C21)C1CCCC1)c1ncc(-c2ccncc2)s1. The molecule has 4 atom stereocenters. The number of Topliss-reactive ketones (excluding diaryl/α,β-unsaturated/α-hetero) is 1. The lowest BCUT2D eigenvalue weighted by Crippen LogP contribution is -2.54. The zero-order valence-electron chi connectivity index (χ0n) is 17.3. The van der Waals surface area contributed by atoms with Crippen LogP contribution in [0, 0.1) is 5.92 Å². The molecule has 2 aliphatic heterocycles. The highest BCUT2D eigenvalue weighted by Gasteiger charge is 2.53. The van der Waals surface area contributed by atoms with Crippen molar-refractivity contribution >= 4 is 40.5 Å². The van der Waals surface area contributed by atoms with E-state index in [1.165, 1.54) is 16.2 Å². The molecule has 3 aliphatic rings. The third-order valence-corrected chi connectivity index (χ3v) is 7.93. The van der Waals surface area contributed by atoms with Gasteiger partial charge in [-0.15, -0.1) is 22.9 Å². The molecule has 4 heterocycles. The van der Waals surface area contributed by atoms with Crippen LogP contribution in [0.1, 0.15) is 35.5 Å². The van der Waals surface area contributed by atoms with Gasteiger partial charge in [-0.25, -0.2) is 4.98 Å². The molecule has 0 aromatic carbocycles. The van der Waals surface area contributed by atoms with E-state index in [-0.39, 0.29) is 36.7 Å². The number of hydrogen-bond acceptors (Lipinski definition) is 7. The Bertz CT molecular complexity index is 1030. The highest BCUT2D eigenvalue weighted by molar-refractivity contribution is 7.17. The summed E-state index contributed by atoms with van der Waals surface area (Å²) in [6, 6.07) is 2.33. The monoisotopic (exact) mass is 474 g/mol. The van der Waals surface area contributed by atoms with Crippen molar-refractivity contribution in [2.24, 2.45) is 5.92 Å². The summed E-state index contributed by atoms with van der Waals surface area (Å²) in [5.74, 6) is -0.748. The summed E-state index contributed by atoms with van der Waals surface area (Å²) in [5.41, 5.74) is 0.927. The number of ketones is 1. The lowest BCUT2D eigenvalue weighted by Gasteiger charge is -2.30. The lowest BCUT2D eigenvalue weighted by atomic mass is 9.96. The van der Waals surface area contributed by atoms with Gasteiger partial charge in [0.15, 0.2) is 10.8 Å². The minimum atomic E-state index is -0.714. The summed E-state index contributed by atoms with van der Waals surface area (Å²) in [4.78, 5) is 49.7. The number of carbonyl (C=O) groups excluding carboxylic acids is 3. The summed E-state index contributed by atoms with van der Waals surface area (Å²) in [6.45, 7) is 0.212. The first-order valence-electron chi connectivity index (χ1n) is 10.8. The molecule has 4 unspecified atom stereocenters. The number of halogens is 1. The van der Waals surface area contributed by atoms with E-state index in [2.05, 4.69) is 15.3 Å². The number of alkyl halides is 1. The molecule has 2 saturated heterocycles. The second-order valence-electron chi connectivity index (χ2n) is 8.45. The third kappa shape index (κ3) is 3.93. The van der Waals surface area contributed by atoms with E-state index < -0.39 is 23.6 Å². The van der Waals surface area contributed by atoms with Crippen LogP contribution < -0.4 is 5.32 Å². The molecular weight excluding hydrogens is 452 g/mol. The summed E-state index contributed by atoms with van der Waals surface area (Å²) in [7, 11) is 0. The van der Waals surface area contributed by atoms with Gasteiger partial charge in [-0.1, -0.05) is 12.8 Å². The maximum Gasteiger partial charge on any atom is 0.280 e. The van der Waals surface area contributed by atoms with Crippen molar-refractivity contribution in [2.75, 3.05) is 13.2 Å². The van der Waals surface area contributed by atoms with E-state index in [0.717, 1.165) is 36.1 Å². The number of likely N-dealkylation sites (tertiary alicyclic amines) is 1. The van der Waals surface area contributed by atoms with Gasteiger partial charge in [0.25, 0.3) is 5.91 Å². The molecule has 0 bridgehead atoms. The number of pyridine rings is 1. The van der Waals surface area contributed by atoms with Crippen molar-refractivity contribution in [3.63, 3.8) is 0 Å². The van der Waals surface area contributed by atoms with E-state index in [9.17, 15) is 14.4 Å². The predicted molar refractivity (Wildman–Crippen MR) is 118 cm³/mol. The molecule has 1 saturated carbocycles. The Morgan fingerprint density at radius 3 is 2.75 bits per heavy atom. The number of nitrogens with zero attached hydrogens (tertiary/aromatic N) is 3. The topological polar surface area (TPSA) is 101 Å². The van der Waals surface area contributed by atoms with E-state index in [4.69, 9.17) is 16.3 Å². The molecule has 1 N–H and O–H groups in total. The Morgan fingerprint density at radius 1 is 1.25 bits per heavy atom. The molecule has 1 aliphatic carbocycles. The van der Waals surface area contributed by atoms with Gasteiger partial charge < -0.3 is 15.0 Å². The smallest absolute Gasteiger partial charge is 0.280 e. The summed E-state index contributed by atoms with van der Waals surface area (Å²) >= 11 is 7.64. The fraction of sp³-hybridized carbons (Fsp3) is 0.500. The van der Waals surface area contributed by atoms with Crippen molar-refractivity contribution in [1.82, 2.24) is 20.2 Å². The van der Waals surface area contributed by atoms with Gasteiger partial charge in [0.1, 0.15) is 24.8 Å². The second-order valence-corrected chi connectivity index (χ2v) is 10.0. The number of rotatable bonds is 5. The number of thiazole rings is 1. The molecule has 10 heteroatoms. The highest BCUT2D eigenvalue weighted by Crippen LogP contribution is 2.34. The molecule has 3 fully saturated rings. The van der Waals surface area contributed by atoms with Crippen molar-refractivity contribution in [2.45, 2.75) is 49.2 Å². The molecule has 2 amide bonds. The number of ether oxygens (including phenoxy) is 1. The Labute approximate surface area is 194 Å². The Balaban J connectivity index is 1.36. The van der Waals surface area contributed by atoms with Crippen molar-refractivity contribution in [3.05, 3.63) is 35.7 Å². The van der Waals surface area contributed by atoms with Crippen LogP contribution in [0.5, 0.6) is 0 Å². The Morgan fingerprint density at radius 2 is 2.00 bits per heavy atom. The van der Waals surface area contributed by atoms with Crippen LogP contribution in [0.15, 0.2) is 30.7 Å². The maximum absolute atomic E-state index is 13.6. The summed E-state index contributed by atoms with van der Waals surface area (Å²) in [6.07, 6.45) is 8.28. The van der Waals surface area contributed by atoms with Crippen LogP contribution in [0.2, 0.25) is 0 Å². The predicted octanol–water partition coefficient (Wildman–Crippen LogP) is 2.28. The zero-order chi connectivity index (χ0) is 22.2. The van der Waals surface area contributed by atoms with Gasteiger partial charge in [0.2, 0.25) is 5.91 Å². The molecule has 0 radical (unpaired) electrons. The average Bonchev–Trinajstić information content (AvgIpc) is 3.59. The van der Waals surface area contributed by atoms with Crippen molar-refractivity contribution in [1.29, 1.82) is 0 Å². The molecule has 0 spiro atoms. The summed E-state index contributed by atoms with van der Waals surface area (Å²) < 4.78 is 5.51. The van der Waals surface area contributed by atoms with Gasteiger partial charge in [0, 0.05) is 25.1 Å². The number of aromatic nitrogens is 2. The van der Waals surface area contributed by atoms with Gasteiger partial charge in [0.05, 0.1) is 10.3 Å². The molecular formula is C22H23ClN4O4S. The normalized spacial score (nSPS) is 26.3. The number of fused-ring (bicyclic) bond motifs is 1. The molecule has 168 valence electrons. The van der Waals surface area contributed by atoms with Crippen LogP contribution in [0.25, 0.3) is 10.4 Å². The molecule has 2 aromatic heterocycles. The summed E-state index contributed by atoms with van der Waals surface area (Å²) in [5, 5.41) is 2.80.